The number of para-hydroxylation sites is 2. The Kier molecular flexibility index (Phi) is 6.12. The van der Waals surface area contributed by atoms with Gasteiger partial charge < -0.3 is 9.13 Å². The number of aromatic nitrogens is 3. The lowest BCUT2D eigenvalue weighted by molar-refractivity contribution is -0.141. The van der Waals surface area contributed by atoms with E-state index in [-0.39, 0.29) is 11.5 Å². The van der Waals surface area contributed by atoms with Crippen LogP contribution in [-0.4, -0.2) is 31.8 Å². The van der Waals surface area contributed by atoms with Crippen LogP contribution in [0.2, 0.25) is 0 Å². The van der Waals surface area contributed by atoms with E-state index in [1.165, 1.54) is 11.8 Å². The molecule has 0 atom stereocenters. The summed E-state index contributed by atoms with van der Waals surface area (Å²) in [5.41, 5.74) is 3.00. The van der Waals surface area contributed by atoms with E-state index in [2.05, 4.69) is 23.4 Å². The highest BCUT2D eigenvalue weighted by Crippen LogP contribution is 2.28. The molecule has 3 rings (SSSR count). The van der Waals surface area contributed by atoms with E-state index in [4.69, 9.17) is 0 Å². The van der Waals surface area contributed by atoms with Crippen LogP contribution in [0, 0.1) is 19.8 Å². The molecule has 0 aliphatic rings. The molecule has 1 aromatic carbocycles. The fraction of sp³-hybridized carbons (Fsp3) is 0.429. The summed E-state index contributed by atoms with van der Waals surface area (Å²) in [6, 6.07) is 9.35. The Balaban J connectivity index is 1.82. The highest BCUT2D eigenvalue weighted by atomic mass is 32.2. The van der Waals surface area contributed by atoms with Crippen LogP contribution in [0.15, 0.2) is 35.5 Å². The molecule has 0 aliphatic heterocycles. The predicted octanol–water partition coefficient (Wildman–Crippen LogP) is 5.65. The van der Waals surface area contributed by atoms with Gasteiger partial charge in [0.1, 0.15) is 6.54 Å². The van der Waals surface area contributed by atoms with Gasteiger partial charge in [0.15, 0.2) is 10.9 Å². The van der Waals surface area contributed by atoms with Gasteiger partial charge in [0, 0.05) is 23.5 Å². The van der Waals surface area contributed by atoms with Crippen molar-refractivity contribution in [3.63, 3.8) is 0 Å². The first-order valence-electron chi connectivity index (χ1n) is 9.41. The van der Waals surface area contributed by atoms with Crippen molar-refractivity contribution in [1.29, 1.82) is 0 Å². The Bertz CT molecular complexity index is 1030. The van der Waals surface area contributed by atoms with E-state index in [1.807, 2.05) is 24.3 Å². The topological polar surface area (TPSA) is 39.8 Å². The maximum absolute atomic E-state index is 12.8. The van der Waals surface area contributed by atoms with Gasteiger partial charge in [-0.15, -0.1) is 0 Å². The number of fused-ring (bicyclic) bond motifs is 1. The Hall–Kier alpha value is -2.22. The summed E-state index contributed by atoms with van der Waals surface area (Å²) >= 11 is 1.33. The van der Waals surface area contributed by atoms with Gasteiger partial charge in [0.05, 0.1) is 16.8 Å². The molecule has 0 fully saturated rings. The number of Topliss-reactive ketones (excluding diaryl/α,β-unsaturated/α-hetero) is 1. The molecular formula is C21H24F3N3OS. The van der Waals surface area contributed by atoms with Crippen molar-refractivity contribution in [2.45, 2.75) is 52.1 Å². The molecule has 8 heteroatoms. The Morgan fingerprint density at radius 2 is 1.86 bits per heavy atom. The number of imidazole rings is 1. The smallest absolute Gasteiger partial charge is 0.339 e. The zero-order valence-electron chi connectivity index (χ0n) is 16.9. The average Bonchev–Trinajstić information content (AvgIpc) is 3.10. The summed E-state index contributed by atoms with van der Waals surface area (Å²) in [6.07, 6.45) is -4.33. The lowest BCUT2D eigenvalue weighted by Crippen LogP contribution is -2.19. The van der Waals surface area contributed by atoms with Crippen LogP contribution in [0.1, 0.15) is 35.6 Å². The van der Waals surface area contributed by atoms with E-state index in [9.17, 15) is 18.0 Å². The van der Waals surface area contributed by atoms with E-state index in [0.29, 0.717) is 22.9 Å². The molecule has 0 N–H and O–H groups in total. The molecular weight excluding hydrogens is 399 g/mol. The SMILES string of the molecule is Cc1cc(C(=O)CSc2nc3ccccc3n2CC(C)C)c(C)n1CC(F)(F)F. The number of hydrogen-bond donors (Lipinski definition) is 0. The number of alkyl halides is 3. The molecule has 29 heavy (non-hydrogen) atoms. The number of benzene rings is 1. The van der Waals surface area contributed by atoms with Crippen molar-refractivity contribution in [3.05, 3.63) is 47.3 Å². The molecule has 0 bridgehead atoms. The number of thioether (sulfide) groups is 1. The average molecular weight is 424 g/mol. The number of halogens is 3. The zero-order chi connectivity index (χ0) is 21.3. The number of hydrogen-bond acceptors (Lipinski definition) is 3. The van der Waals surface area contributed by atoms with Gasteiger partial charge in [-0.05, 0) is 38.0 Å². The number of nitrogens with zero attached hydrogens (tertiary/aromatic N) is 3. The van der Waals surface area contributed by atoms with Crippen LogP contribution in [0.25, 0.3) is 11.0 Å². The largest absolute Gasteiger partial charge is 0.406 e. The third-order valence-electron chi connectivity index (χ3n) is 4.71. The minimum atomic E-state index is -4.33. The third kappa shape index (κ3) is 4.86. The molecule has 2 heterocycles. The second-order valence-electron chi connectivity index (χ2n) is 7.59. The molecule has 0 radical (unpaired) electrons. The summed E-state index contributed by atoms with van der Waals surface area (Å²) in [5, 5.41) is 0.748. The second-order valence-corrected chi connectivity index (χ2v) is 8.53. The lowest BCUT2D eigenvalue weighted by Gasteiger charge is -2.12. The molecule has 2 aromatic heterocycles. The van der Waals surface area contributed by atoms with E-state index >= 15 is 0 Å². The van der Waals surface area contributed by atoms with Crippen LogP contribution in [0.3, 0.4) is 0 Å². The van der Waals surface area contributed by atoms with Crippen molar-refractivity contribution in [2.24, 2.45) is 5.92 Å². The predicted molar refractivity (Wildman–Crippen MR) is 110 cm³/mol. The molecule has 0 spiro atoms. The molecule has 3 aromatic rings. The van der Waals surface area contributed by atoms with Gasteiger partial charge in [-0.1, -0.05) is 37.7 Å². The summed E-state index contributed by atoms with van der Waals surface area (Å²) in [4.78, 5) is 17.4. The van der Waals surface area contributed by atoms with Crippen LogP contribution in [0.4, 0.5) is 13.2 Å². The van der Waals surface area contributed by atoms with E-state index in [1.54, 1.807) is 19.9 Å². The Morgan fingerprint density at radius 1 is 1.17 bits per heavy atom. The van der Waals surface area contributed by atoms with Gasteiger partial charge in [-0.3, -0.25) is 4.79 Å². The van der Waals surface area contributed by atoms with Gasteiger partial charge in [0.25, 0.3) is 0 Å². The van der Waals surface area contributed by atoms with Gasteiger partial charge in [0.2, 0.25) is 0 Å². The second kappa shape index (κ2) is 8.26. The van der Waals surface area contributed by atoms with E-state index in [0.717, 1.165) is 27.3 Å². The maximum Gasteiger partial charge on any atom is 0.406 e. The summed E-state index contributed by atoms with van der Waals surface area (Å²) in [7, 11) is 0. The Morgan fingerprint density at radius 3 is 2.52 bits per heavy atom. The molecule has 0 amide bonds. The molecule has 0 aliphatic carbocycles. The monoisotopic (exact) mass is 423 g/mol. The lowest BCUT2D eigenvalue weighted by atomic mass is 10.2. The molecule has 0 saturated carbocycles. The van der Waals surface area contributed by atoms with Gasteiger partial charge in [-0.2, -0.15) is 13.2 Å². The molecule has 0 unspecified atom stereocenters. The first-order valence-corrected chi connectivity index (χ1v) is 10.4. The minimum absolute atomic E-state index is 0.123. The van der Waals surface area contributed by atoms with Crippen molar-refractivity contribution >= 4 is 28.6 Å². The number of ketones is 1. The summed E-state index contributed by atoms with van der Waals surface area (Å²) < 4.78 is 41.7. The summed E-state index contributed by atoms with van der Waals surface area (Å²) in [6.45, 7) is 7.07. The number of aryl methyl sites for hydroxylation is 1. The minimum Gasteiger partial charge on any atom is -0.339 e. The van der Waals surface area contributed by atoms with E-state index < -0.39 is 12.7 Å². The molecule has 4 nitrogen and oxygen atoms in total. The van der Waals surface area contributed by atoms with Crippen LogP contribution < -0.4 is 0 Å². The van der Waals surface area contributed by atoms with Crippen LogP contribution in [-0.2, 0) is 13.1 Å². The molecule has 156 valence electrons. The number of carbonyl (C=O) groups excluding carboxylic acids is 1. The summed E-state index contributed by atoms with van der Waals surface area (Å²) in [5.74, 6) is 0.334. The number of rotatable bonds is 7. The highest BCUT2D eigenvalue weighted by molar-refractivity contribution is 7.99. The quantitative estimate of drug-likeness (QED) is 0.364. The first kappa shape index (κ1) is 21.5. The van der Waals surface area contributed by atoms with Crippen molar-refractivity contribution in [1.82, 2.24) is 14.1 Å². The fourth-order valence-corrected chi connectivity index (χ4v) is 4.33. The molecule has 0 saturated heterocycles. The highest BCUT2D eigenvalue weighted by Gasteiger charge is 2.30. The third-order valence-corrected chi connectivity index (χ3v) is 5.69. The van der Waals surface area contributed by atoms with Crippen LogP contribution in [0.5, 0.6) is 0 Å². The zero-order valence-corrected chi connectivity index (χ0v) is 17.7. The first-order chi connectivity index (χ1) is 13.6. The van der Waals surface area contributed by atoms with Crippen LogP contribution >= 0.6 is 11.8 Å². The van der Waals surface area contributed by atoms with Crippen molar-refractivity contribution in [2.75, 3.05) is 5.75 Å². The normalized spacial score (nSPS) is 12.3. The fourth-order valence-electron chi connectivity index (χ4n) is 3.42. The Labute approximate surface area is 172 Å². The van der Waals surface area contributed by atoms with Crippen molar-refractivity contribution in [3.8, 4) is 0 Å². The van der Waals surface area contributed by atoms with Gasteiger partial charge >= 0.3 is 6.18 Å². The van der Waals surface area contributed by atoms with Crippen molar-refractivity contribution < 1.29 is 18.0 Å². The standard InChI is InChI=1S/C21H24F3N3OS/c1-13(2)10-26-18-8-6-5-7-17(18)25-20(26)29-11-19(28)16-9-14(3)27(15(16)4)12-21(22,23)24/h5-9,13H,10-12H2,1-4H3. The number of carbonyl (C=O) groups is 1. The van der Waals surface area contributed by atoms with Gasteiger partial charge in [-0.25, -0.2) is 4.98 Å². The maximum atomic E-state index is 12.8.